The molecule has 0 spiro atoms. The Morgan fingerprint density at radius 3 is 2.63 bits per heavy atom. The highest BCUT2D eigenvalue weighted by Gasteiger charge is 2.09. The predicted molar refractivity (Wildman–Crippen MR) is 77.6 cm³/mol. The molecule has 0 atom stereocenters. The van der Waals surface area contributed by atoms with Crippen molar-refractivity contribution in [2.24, 2.45) is 4.99 Å². The van der Waals surface area contributed by atoms with Gasteiger partial charge in [0.15, 0.2) is 6.73 Å². The molecule has 1 aliphatic rings. The van der Waals surface area contributed by atoms with Gasteiger partial charge in [-0.25, -0.2) is 0 Å². The van der Waals surface area contributed by atoms with Crippen molar-refractivity contribution in [3.05, 3.63) is 72.6 Å². The van der Waals surface area contributed by atoms with E-state index in [9.17, 15) is 0 Å². The molecule has 94 valence electrons. The van der Waals surface area contributed by atoms with Gasteiger partial charge in [0.2, 0.25) is 0 Å². The number of hydrogen-bond donors (Lipinski definition) is 0. The third-order valence-corrected chi connectivity index (χ3v) is 2.91. The summed E-state index contributed by atoms with van der Waals surface area (Å²) in [6.45, 7) is 0.459. The molecule has 0 aromatic heterocycles. The number of para-hydroxylation sites is 2. The van der Waals surface area contributed by atoms with Gasteiger partial charge in [0.05, 0.1) is 5.69 Å². The van der Waals surface area contributed by atoms with E-state index in [2.05, 4.69) is 11.1 Å². The Kier molecular flexibility index (Phi) is 3.28. The molecule has 0 saturated heterocycles. The van der Waals surface area contributed by atoms with Gasteiger partial charge in [-0.2, -0.15) is 0 Å². The number of nitrogens with zero attached hydrogens (tertiary/aromatic N) is 2. The van der Waals surface area contributed by atoms with Gasteiger partial charge in [0, 0.05) is 24.2 Å². The fraction of sp³-hybridized carbons (Fsp3) is 0.0625. The summed E-state index contributed by atoms with van der Waals surface area (Å²) in [5.74, 6) is 0.860. The molecule has 3 rings (SSSR count). The van der Waals surface area contributed by atoms with Crippen LogP contribution in [-0.4, -0.2) is 12.9 Å². The minimum Gasteiger partial charge on any atom is -0.473 e. The molecular formula is C16H14N2O. The Labute approximate surface area is 112 Å². The van der Waals surface area contributed by atoms with E-state index in [0.29, 0.717) is 6.73 Å². The third-order valence-electron chi connectivity index (χ3n) is 2.91. The molecule has 0 fully saturated rings. The van der Waals surface area contributed by atoms with Crippen LogP contribution in [0.2, 0.25) is 0 Å². The molecule has 0 bridgehead atoms. The van der Waals surface area contributed by atoms with Crippen LogP contribution in [-0.2, 0) is 0 Å². The zero-order valence-corrected chi connectivity index (χ0v) is 10.4. The molecule has 3 heteroatoms. The van der Waals surface area contributed by atoms with Gasteiger partial charge < -0.3 is 9.64 Å². The molecule has 0 unspecified atom stereocenters. The topological polar surface area (TPSA) is 24.8 Å². The van der Waals surface area contributed by atoms with Gasteiger partial charge in [0.1, 0.15) is 5.75 Å². The first-order valence-corrected chi connectivity index (χ1v) is 6.17. The van der Waals surface area contributed by atoms with E-state index in [1.165, 1.54) is 0 Å². The molecule has 0 amide bonds. The minimum absolute atomic E-state index is 0.459. The van der Waals surface area contributed by atoms with Crippen LogP contribution in [0.1, 0.15) is 5.56 Å². The first-order valence-electron chi connectivity index (χ1n) is 6.17. The van der Waals surface area contributed by atoms with Crippen molar-refractivity contribution in [1.29, 1.82) is 0 Å². The van der Waals surface area contributed by atoms with E-state index >= 15 is 0 Å². The highest BCUT2D eigenvalue weighted by Crippen LogP contribution is 2.21. The van der Waals surface area contributed by atoms with Crippen LogP contribution in [0.25, 0.3) is 0 Å². The van der Waals surface area contributed by atoms with Crippen molar-refractivity contribution in [1.82, 2.24) is 0 Å². The lowest BCUT2D eigenvalue weighted by molar-refractivity contribution is 0.325. The molecule has 0 saturated carbocycles. The SMILES string of the molecule is C1=CN(COc2ccccc2)c2ccccc2C=N1. The summed E-state index contributed by atoms with van der Waals surface area (Å²) in [4.78, 5) is 6.25. The molecule has 2 aromatic rings. The second-order valence-electron chi connectivity index (χ2n) is 4.19. The first-order chi connectivity index (χ1) is 9.43. The highest BCUT2D eigenvalue weighted by molar-refractivity contribution is 5.89. The van der Waals surface area contributed by atoms with Gasteiger partial charge in [-0.3, -0.25) is 4.99 Å². The van der Waals surface area contributed by atoms with Crippen LogP contribution in [0.3, 0.4) is 0 Å². The van der Waals surface area contributed by atoms with E-state index in [4.69, 9.17) is 4.74 Å². The summed E-state index contributed by atoms with van der Waals surface area (Å²) in [5, 5.41) is 0. The Hall–Kier alpha value is -2.55. The smallest absolute Gasteiger partial charge is 0.165 e. The summed E-state index contributed by atoms with van der Waals surface area (Å²) in [5.41, 5.74) is 2.18. The van der Waals surface area contributed by atoms with Crippen molar-refractivity contribution >= 4 is 11.9 Å². The molecule has 0 radical (unpaired) electrons. The number of rotatable bonds is 3. The molecular weight excluding hydrogens is 236 g/mol. The van der Waals surface area contributed by atoms with Crippen LogP contribution >= 0.6 is 0 Å². The number of anilines is 1. The average Bonchev–Trinajstić information content (AvgIpc) is 2.68. The standard InChI is InChI=1S/C16H14N2O/c1-2-7-15(8-3-1)19-13-18-11-10-17-12-14-6-4-5-9-16(14)18/h1-12H,13H2. The van der Waals surface area contributed by atoms with Gasteiger partial charge in [-0.15, -0.1) is 0 Å². The molecule has 19 heavy (non-hydrogen) atoms. The molecule has 1 aliphatic heterocycles. The predicted octanol–water partition coefficient (Wildman–Crippen LogP) is 3.43. The number of aliphatic imine (C=N–C) groups is 1. The number of benzene rings is 2. The molecule has 2 aromatic carbocycles. The van der Waals surface area contributed by atoms with Crippen molar-refractivity contribution < 1.29 is 4.74 Å². The Balaban J connectivity index is 1.79. The van der Waals surface area contributed by atoms with Crippen molar-refractivity contribution in [2.75, 3.05) is 11.6 Å². The lowest BCUT2D eigenvalue weighted by Crippen LogP contribution is -2.22. The fourth-order valence-electron chi connectivity index (χ4n) is 1.95. The second-order valence-corrected chi connectivity index (χ2v) is 4.19. The molecule has 0 aliphatic carbocycles. The average molecular weight is 250 g/mol. The lowest BCUT2D eigenvalue weighted by Gasteiger charge is -2.21. The maximum absolute atomic E-state index is 5.78. The van der Waals surface area contributed by atoms with Crippen LogP contribution in [0.5, 0.6) is 5.75 Å². The van der Waals surface area contributed by atoms with Crippen molar-refractivity contribution in [3.8, 4) is 5.75 Å². The number of ether oxygens (including phenoxy) is 1. The Bertz CT molecular complexity index is 605. The zero-order valence-electron chi connectivity index (χ0n) is 10.4. The lowest BCUT2D eigenvalue weighted by atomic mass is 10.2. The van der Waals surface area contributed by atoms with Crippen molar-refractivity contribution in [2.45, 2.75) is 0 Å². The third kappa shape index (κ3) is 2.65. The number of fused-ring (bicyclic) bond motifs is 1. The normalized spacial score (nSPS) is 12.9. The van der Waals surface area contributed by atoms with E-state index in [1.807, 2.05) is 65.8 Å². The van der Waals surface area contributed by atoms with Gasteiger partial charge in [-0.1, -0.05) is 36.4 Å². The minimum atomic E-state index is 0.459. The van der Waals surface area contributed by atoms with Gasteiger partial charge >= 0.3 is 0 Å². The molecule has 3 nitrogen and oxygen atoms in total. The van der Waals surface area contributed by atoms with Crippen LogP contribution < -0.4 is 9.64 Å². The Morgan fingerprint density at radius 2 is 1.74 bits per heavy atom. The second kappa shape index (κ2) is 5.40. The molecule has 1 heterocycles. The summed E-state index contributed by atoms with van der Waals surface area (Å²) in [7, 11) is 0. The van der Waals surface area contributed by atoms with E-state index in [-0.39, 0.29) is 0 Å². The van der Waals surface area contributed by atoms with Crippen LogP contribution in [0.15, 0.2) is 72.0 Å². The largest absolute Gasteiger partial charge is 0.473 e. The number of hydrogen-bond acceptors (Lipinski definition) is 3. The Morgan fingerprint density at radius 1 is 0.947 bits per heavy atom. The molecule has 0 N–H and O–H groups in total. The monoisotopic (exact) mass is 250 g/mol. The quantitative estimate of drug-likeness (QED) is 0.833. The summed E-state index contributed by atoms with van der Waals surface area (Å²) in [6.07, 6.45) is 5.55. The van der Waals surface area contributed by atoms with E-state index in [0.717, 1.165) is 17.0 Å². The van der Waals surface area contributed by atoms with Gasteiger partial charge in [-0.05, 0) is 18.2 Å². The highest BCUT2D eigenvalue weighted by atomic mass is 16.5. The van der Waals surface area contributed by atoms with Crippen LogP contribution in [0, 0.1) is 0 Å². The fourth-order valence-corrected chi connectivity index (χ4v) is 1.95. The summed E-state index contributed by atoms with van der Waals surface area (Å²) in [6, 6.07) is 17.9. The first kappa shape index (κ1) is 11.5. The van der Waals surface area contributed by atoms with Gasteiger partial charge in [0.25, 0.3) is 0 Å². The van der Waals surface area contributed by atoms with Crippen molar-refractivity contribution in [3.63, 3.8) is 0 Å². The van der Waals surface area contributed by atoms with Crippen LogP contribution in [0.4, 0.5) is 5.69 Å². The maximum atomic E-state index is 5.78. The summed E-state index contributed by atoms with van der Waals surface area (Å²) < 4.78 is 5.78. The zero-order chi connectivity index (χ0) is 12.9. The van der Waals surface area contributed by atoms with E-state index < -0.39 is 0 Å². The summed E-state index contributed by atoms with van der Waals surface area (Å²) >= 11 is 0. The van der Waals surface area contributed by atoms with E-state index in [1.54, 1.807) is 6.20 Å². The maximum Gasteiger partial charge on any atom is 0.165 e.